The van der Waals surface area contributed by atoms with Crippen molar-refractivity contribution in [3.05, 3.63) is 93.2 Å². The minimum Gasteiger partial charge on any atom is -0.481 e. The Bertz CT molecular complexity index is 1290. The molecule has 1 aliphatic heterocycles. The smallest absolute Gasteiger partial charge is 0.282 e. The summed E-state index contributed by atoms with van der Waals surface area (Å²) in [5, 5.41) is 3.84. The Morgan fingerprint density at radius 3 is 2.59 bits per heavy atom. The van der Waals surface area contributed by atoms with E-state index in [2.05, 4.69) is 26.7 Å². The molecule has 0 bridgehead atoms. The van der Waals surface area contributed by atoms with Gasteiger partial charge in [0.25, 0.3) is 17.7 Å². The van der Waals surface area contributed by atoms with Gasteiger partial charge < -0.3 is 10.1 Å². The number of amides is 3. The summed E-state index contributed by atoms with van der Waals surface area (Å²) in [6, 6.07) is 17.3. The summed E-state index contributed by atoms with van der Waals surface area (Å²) >= 11 is 9.66. The lowest BCUT2D eigenvalue weighted by Crippen LogP contribution is -2.35. The maximum absolute atomic E-state index is 13.3. The highest BCUT2D eigenvalue weighted by atomic mass is 79.9. The fraction of sp³-hybridized carbons (Fsp3) is 0.0417. The van der Waals surface area contributed by atoms with Crippen molar-refractivity contribution in [1.82, 2.24) is 5.43 Å². The molecule has 0 spiro atoms. The predicted molar refractivity (Wildman–Crippen MR) is 130 cm³/mol. The Labute approximate surface area is 207 Å². The average Bonchev–Trinajstić information content (AvgIpc) is 3.07. The van der Waals surface area contributed by atoms with Gasteiger partial charge in [-0.05, 0) is 70.0 Å². The summed E-state index contributed by atoms with van der Waals surface area (Å²) in [4.78, 5) is 37.2. The van der Waals surface area contributed by atoms with Crippen LogP contribution in [0.3, 0.4) is 0 Å². The number of rotatable bonds is 6. The summed E-state index contributed by atoms with van der Waals surface area (Å²) in [7, 11) is 0. The quantitative estimate of drug-likeness (QED) is 0.347. The Kier molecular flexibility index (Phi) is 6.95. The lowest BCUT2D eigenvalue weighted by atomic mass is 10.1. The van der Waals surface area contributed by atoms with Crippen LogP contribution in [0.5, 0.6) is 5.75 Å². The molecule has 3 amide bonds. The van der Waals surface area contributed by atoms with Gasteiger partial charge in [-0.3, -0.25) is 19.8 Å². The topological polar surface area (TPSA) is 87.7 Å². The second-order valence-electron chi connectivity index (χ2n) is 7.14. The molecule has 7 nitrogen and oxygen atoms in total. The zero-order valence-electron chi connectivity index (χ0n) is 17.3. The minimum absolute atomic E-state index is 0.0602. The highest BCUT2D eigenvalue weighted by Gasteiger charge is 2.34. The number of hydrazine groups is 1. The first-order valence-electron chi connectivity index (χ1n) is 9.91. The van der Waals surface area contributed by atoms with Gasteiger partial charge in [-0.15, -0.1) is 0 Å². The number of benzene rings is 3. The van der Waals surface area contributed by atoms with Crippen LogP contribution in [0, 0.1) is 5.82 Å². The summed E-state index contributed by atoms with van der Waals surface area (Å²) in [5.74, 6) is -1.83. The monoisotopic (exact) mass is 543 g/mol. The van der Waals surface area contributed by atoms with Gasteiger partial charge in [0.1, 0.15) is 11.4 Å². The number of hydrogen-bond acceptors (Lipinski definition) is 4. The molecular formula is C24H16BrClFN3O4. The number of nitrogens with one attached hydrogen (secondary N) is 2. The Balaban J connectivity index is 1.47. The first-order chi connectivity index (χ1) is 16.3. The molecule has 1 heterocycles. The third-order valence-corrected chi connectivity index (χ3v) is 5.56. The van der Waals surface area contributed by atoms with Gasteiger partial charge in [-0.25, -0.2) is 9.40 Å². The van der Waals surface area contributed by atoms with E-state index in [-0.39, 0.29) is 23.0 Å². The lowest BCUT2D eigenvalue weighted by molar-refractivity contribution is -0.118. The van der Waals surface area contributed by atoms with Crippen LogP contribution in [-0.2, 0) is 14.4 Å². The fourth-order valence-electron chi connectivity index (χ4n) is 3.18. The molecule has 1 aliphatic rings. The number of para-hydroxylation sites is 1. The molecule has 1 saturated heterocycles. The molecule has 4 rings (SSSR count). The van der Waals surface area contributed by atoms with Gasteiger partial charge in [0.05, 0.1) is 15.2 Å². The fourth-order valence-corrected chi connectivity index (χ4v) is 4.17. The molecule has 34 heavy (non-hydrogen) atoms. The van der Waals surface area contributed by atoms with Crippen molar-refractivity contribution in [3.63, 3.8) is 0 Å². The molecule has 172 valence electrons. The molecule has 10 heteroatoms. The van der Waals surface area contributed by atoms with Crippen LogP contribution in [-0.4, -0.2) is 24.3 Å². The van der Waals surface area contributed by atoms with Crippen molar-refractivity contribution in [3.8, 4) is 5.75 Å². The van der Waals surface area contributed by atoms with Crippen LogP contribution < -0.4 is 20.5 Å². The standard InChI is InChI=1S/C24H16BrClFN3O4/c25-19-10-14(9-18-23(32)29-30(24(18)33)17-7-2-1-3-8-17)11-20(26)22(19)34-13-21(31)28-16-6-4-5-15(27)12-16/h1-12H,13H2,(H,28,31)(H,29,32)/b18-9-. The highest BCUT2D eigenvalue weighted by molar-refractivity contribution is 9.10. The maximum Gasteiger partial charge on any atom is 0.282 e. The average molecular weight is 545 g/mol. The predicted octanol–water partition coefficient (Wildman–Crippen LogP) is 4.72. The SMILES string of the molecule is O=C(COc1c(Cl)cc(/C=C2/C(=O)NN(c3ccccc3)C2=O)cc1Br)Nc1cccc(F)c1. The molecule has 0 unspecified atom stereocenters. The van der Waals surface area contributed by atoms with E-state index in [4.69, 9.17) is 16.3 Å². The van der Waals surface area contributed by atoms with E-state index < -0.39 is 23.5 Å². The molecule has 0 atom stereocenters. The van der Waals surface area contributed by atoms with Crippen molar-refractivity contribution in [1.29, 1.82) is 0 Å². The third kappa shape index (κ3) is 5.27. The van der Waals surface area contributed by atoms with Crippen LogP contribution in [0.25, 0.3) is 6.08 Å². The van der Waals surface area contributed by atoms with Gasteiger partial charge in [0.2, 0.25) is 0 Å². The molecule has 0 aromatic heterocycles. The summed E-state index contributed by atoms with van der Waals surface area (Å²) < 4.78 is 19.2. The van der Waals surface area contributed by atoms with Crippen molar-refractivity contribution in [2.45, 2.75) is 0 Å². The van der Waals surface area contributed by atoms with E-state index >= 15 is 0 Å². The Morgan fingerprint density at radius 1 is 1.12 bits per heavy atom. The minimum atomic E-state index is -0.546. The number of nitrogens with zero attached hydrogens (tertiary/aromatic N) is 1. The zero-order chi connectivity index (χ0) is 24.2. The number of halogens is 3. The second-order valence-corrected chi connectivity index (χ2v) is 8.40. The zero-order valence-corrected chi connectivity index (χ0v) is 19.7. The molecule has 3 aromatic carbocycles. The lowest BCUT2D eigenvalue weighted by Gasteiger charge is -2.14. The van der Waals surface area contributed by atoms with E-state index in [0.29, 0.717) is 21.4 Å². The normalized spacial score (nSPS) is 14.3. The van der Waals surface area contributed by atoms with Crippen LogP contribution in [0.15, 0.2) is 76.8 Å². The van der Waals surface area contributed by atoms with Gasteiger partial charge in [0.15, 0.2) is 12.4 Å². The Hall–Kier alpha value is -3.69. The molecule has 3 aromatic rings. The van der Waals surface area contributed by atoms with Gasteiger partial charge >= 0.3 is 0 Å². The van der Waals surface area contributed by atoms with E-state index in [0.717, 1.165) is 0 Å². The van der Waals surface area contributed by atoms with E-state index in [1.54, 1.807) is 42.5 Å². The largest absolute Gasteiger partial charge is 0.481 e. The van der Waals surface area contributed by atoms with Crippen molar-refractivity contribution >= 4 is 62.7 Å². The summed E-state index contributed by atoms with van der Waals surface area (Å²) in [5.41, 5.74) is 3.77. The molecule has 0 aliphatic carbocycles. The van der Waals surface area contributed by atoms with Crippen LogP contribution in [0.4, 0.5) is 15.8 Å². The molecule has 0 saturated carbocycles. The molecule has 1 fully saturated rings. The first kappa shape index (κ1) is 23.5. The summed E-state index contributed by atoms with van der Waals surface area (Å²) in [6.45, 7) is -0.373. The van der Waals surface area contributed by atoms with Crippen LogP contribution >= 0.6 is 27.5 Å². The van der Waals surface area contributed by atoms with Crippen LogP contribution in [0.1, 0.15) is 5.56 Å². The molecule has 0 radical (unpaired) electrons. The van der Waals surface area contributed by atoms with Crippen LogP contribution in [0.2, 0.25) is 5.02 Å². The highest BCUT2D eigenvalue weighted by Crippen LogP contribution is 2.35. The third-order valence-electron chi connectivity index (χ3n) is 4.69. The van der Waals surface area contributed by atoms with Gasteiger partial charge in [-0.1, -0.05) is 35.9 Å². The number of anilines is 2. The van der Waals surface area contributed by atoms with E-state index in [9.17, 15) is 18.8 Å². The number of carbonyl (C=O) groups excluding carboxylic acids is 3. The molecule has 2 N–H and O–H groups in total. The Morgan fingerprint density at radius 2 is 1.88 bits per heavy atom. The summed E-state index contributed by atoms with van der Waals surface area (Å²) in [6.07, 6.45) is 1.41. The van der Waals surface area contributed by atoms with Crippen molar-refractivity contribution < 1.29 is 23.5 Å². The van der Waals surface area contributed by atoms with E-state index in [1.165, 1.54) is 35.4 Å². The molecular weight excluding hydrogens is 529 g/mol. The van der Waals surface area contributed by atoms with Crippen molar-refractivity contribution in [2.24, 2.45) is 0 Å². The van der Waals surface area contributed by atoms with Gasteiger partial charge in [0, 0.05) is 5.69 Å². The van der Waals surface area contributed by atoms with Crippen molar-refractivity contribution in [2.75, 3.05) is 16.9 Å². The van der Waals surface area contributed by atoms with Gasteiger partial charge in [-0.2, -0.15) is 0 Å². The number of ether oxygens (including phenoxy) is 1. The second kappa shape index (κ2) is 10.1. The maximum atomic E-state index is 13.3. The van der Waals surface area contributed by atoms with E-state index in [1.807, 2.05) is 0 Å². The first-order valence-corrected chi connectivity index (χ1v) is 11.1. The number of hydrogen-bond donors (Lipinski definition) is 2. The number of carbonyl (C=O) groups is 3.